The van der Waals surface area contributed by atoms with Crippen molar-refractivity contribution >= 4 is 17.4 Å². The Hall–Kier alpha value is -0.670. The van der Waals surface area contributed by atoms with Crippen LogP contribution in [0.2, 0.25) is 0 Å². The maximum Gasteiger partial charge on any atom is 0.0628 e. The molecule has 12 heavy (non-hydrogen) atoms. The Balaban J connectivity index is 2.58. The summed E-state index contributed by atoms with van der Waals surface area (Å²) in [7, 11) is 0. The molecule has 1 aromatic carbocycles. The summed E-state index contributed by atoms with van der Waals surface area (Å²) in [5, 5.41) is 3.05. The predicted octanol–water partition coefficient (Wildman–Crippen LogP) is 2.13. The van der Waals surface area contributed by atoms with Crippen LogP contribution in [0.15, 0.2) is 29.2 Å². The minimum atomic E-state index is 0.486. The number of rotatable bonds is 4. The molecule has 0 aliphatic heterocycles. The highest BCUT2D eigenvalue weighted by Crippen LogP contribution is 2.19. The Morgan fingerprint density at radius 3 is 2.50 bits per heavy atom. The van der Waals surface area contributed by atoms with E-state index in [4.69, 9.17) is 5.73 Å². The fourth-order valence-corrected chi connectivity index (χ4v) is 1.62. The molecule has 3 N–H and O–H groups in total. The van der Waals surface area contributed by atoms with Gasteiger partial charge < -0.3 is 11.1 Å². The maximum atomic E-state index is 5.34. The standard InChI is InChI=1S/C9H14N2S/c1-2-12-9-5-3-8(4-6-9)11-7-10/h3-6,11H,2,7,10H2,1H3. The number of hydrogen-bond donors (Lipinski definition) is 2. The van der Waals surface area contributed by atoms with Gasteiger partial charge >= 0.3 is 0 Å². The van der Waals surface area contributed by atoms with Crippen LogP contribution in [0.25, 0.3) is 0 Å². The van der Waals surface area contributed by atoms with Crippen molar-refractivity contribution in [3.63, 3.8) is 0 Å². The first-order valence-corrected chi connectivity index (χ1v) is 5.02. The normalized spacial score (nSPS) is 9.83. The summed E-state index contributed by atoms with van der Waals surface area (Å²) in [4.78, 5) is 1.31. The van der Waals surface area contributed by atoms with Crippen LogP contribution in [0.4, 0.5) is 5.69 Å². The summed E-state index contributed by atoms with van der Waals surface area (Å²) < 4.78 is 0. The minimum absolute atomic E-state index is 0.486. The van der Waals surface area contributed by atoms with Crippen molar-refractivity contribution in [2.75, 3.05) is 17.7 Å². The zero-order valence-electron chi connectivity index (χ0n) is 7.21. The molecule has 1 rings (SSSR count). The van der Waals surface area contributed by atoms with E-state index in [1.165, 1.54) is 4.90 Å². The summed E-state index contributed by atoms with van der Waals surface area (Å²) in [5.41, 5.74) is 6.42. The van der Waals surface area contributed by atoms with Crippen molar-refractivity contribution in [2.24, 2.45) is 5.73 Å². The molecular formula is C9H14N2S. The van der Waals surface area contributed by atoms with E-state index in [1.54, 1.807) is 0 Å². The lowest BCUT2D eigenvalue weighted by molar-refractivity contribution is 1.14. The van der Waals surface area contributed by atoms with Crippen LogP contribution in [-0.4, -0.2) is 12.4 Å². The molecule has 0 radical (unpaired) electrons. The maximum absolute atomic E-state index is 5.34. The summed E-state index contributed by atoms with van der Waals surface area (Å²) in [6, 6.07) is 8.30. The summed E-state index contributed by atoms with van der Waals surface area (Å²) in [6.07, 6.45) is 0. The van der Waals surface area contributed by atoms with Gasteiger partial charge in [0.05, 0.1) is 6.67 Å². The van der Waals surface area contributed by atoms with Crippen molar-refractivity contribution in [2.45, 2.75) is 11.8 Å². The van der Waals surface area contributed by atoms with E-state index < -0.39 is 0 Å². The molecule has 0 unspecified atom stereocenters. The highest BCUT2D eigenvalue weighted by molar-refractivity contribution is 7.99. The smallest absolute Gasteiger partial charge is 0.0628 e. The Morgan fingerprint density at radius 2 is 2.00 bits per heavy atom. The third-order valence-electron chi connectivity index (χ3n) is 1.47. The predicted molar refractivity (Wildman–Crippen MR) is 55.5 cm³/mol. The molecule has 0 aliphatic rings. The number of anilines is 1. The molecule has 3 heteroatoms. The first-order chi connectivity index (χ1) is 5.86. The first-order valence-electron chi connectivity index (χ1n) is 4.03. The van der Waals surface area contributed by atoms with E-state index in [0.29, 0.717) is 6.67 Å². The van der Waals surface area contributed by atoms with Gasteiger partial charge in [0.25, 0.3) is 0 Å². The van der Waals surface area contributed by atoms with E-state index in [9.17, 15) is 0 Å². The molecule has 0 amide bonds. The second-order valence-corrected chi connectivity index (χ2v) is 3.68. The molecule has 0 saturated carbocycles. The third-order valence-corrected chi connectivity index (χ3v) is 2.37. The number of nitrogens with two attached hydrogens (primary N) is 1. The fraction of sp³-hybridized carbons (Fsp3) is 0.333. The average Bonchev–Trinajstić information content (AvgIpc) is 2.09. The molecule has 0 bridgehead atoms. The monoisotopic (exact) mass is 182 g/mol. The molecule has 0 spiro atoms. The van der Waals surface area contributed by atoms with Gasteiger partial charge in [-0.2, -0.15) is 0 Å². The number of nitrogens with one attached hydrogen (secondary N) is 1. The quantitative estimate of drug-likeness (QED) is 0.553. The number of benzene rings is 1. The molecular weight excluding hydrogens is 168 g/mol. The van der Waals surface area contributed by atoms with Gasteiger partial charge in [-0.15, -0.1) is 11.8 Å². The Kier molecular flexibility index (Phi) is 3.97. The van der Waals surface area contributed by atoms with Crippen LogP contribution < -0.4 is 11.1 Å². The molecule has 0 heterocycles. The summed E-state index contributed by atoms with van der Waals surface area (Å²) >= 11 is 1.84. The van der Waals surface area contributed by atoms with Gasteiger partial charge in [0.2, 0.25) is 0 Å². The second-order valence-electron chi connectivity index (χ2n) is 2.34. The molecule has 0 fully saturated rings. The van der Waals surface area contributed by atoms with E-state index in [-0.39, 0.29) is 0 Å². The van der Waals surface area contributed by atoms with Crippen LogP contribution in [0.1, 0.15) is 6.92 Å². The van der Waals surface area contributed by atoms with E-state index >= 15 is 0 Å². The lowest BCUT2D eigenvalue weighted by Crippen LogP contribution is -2.10. The van der Waals surface area contributed by atoms with Crippen LogP contribution >= 0.6 is 11.8 Å². The first kappa shape index (κ1) is 9.42. The topological polar surface area (TPSA) is 38.0 Å². The van der Waals surface area contributed by atoms with Gasteiger partial charge in [0.15, 0.2) is 0 Å². The summed E-state index contributed by atoms with van der Waals surface area (Å²) in [6.45, 7) is 2.64. The summed E-state index contributed by atoms with van der Waals surface area (Å²) in [5.74, 6) is 1.11. The molecule has 1 aromatic rings. The minimum Gasteiger partial charge on any atom is -0.373 e. The Morgan fingerprint density at radius 1 is 1.33 bits per heavy atom. The van der Waals surface area contributed by atoms with Crippen molar-refractivity contribution in [3.8, 4) is 0 Å². The van der Waals surface area contributed by atoms with Gasteiger partial charge in [-0.25, -0.2) is 0 Å². The van der Waals surface area contributed by atoms with Crippen LogP contribution in [0.5, 0.6) is 0 Å². The SMILES string of the molecule is CCSc1ccc(NCN)cc1. The van der Waals surface area contributed by atoms with Gasteiger partial charge in [-0.3, -0.25) is 0 Å². The zero-order valence-corrected chi connectivity index (χ0v) is 8.03. The molecule has 0 saturated heterocycles. The fourth-order valence-electron chi connectivity index (χ4n) is 0.954. The van der Waals surface area contributed by atoms with E-state index in [1.807, 2.05) is 23.9 Å². The molecule has 66 valence electrons. The number of thioether (sulfide) groups is 1. The van der Waals surface area contributed by atoms with Crippen molar-refractivity contribution < 1.29 is 0 Å². The van der Waals surface area contributed by atoms with E-state index in [0.717, 1.165) is 11.4 Å². The molecule has 0 atom stereocenters. The highest BCUT2D eigenvalue weighted by Gasteiger charge is 1.91. The van der Waals surface area contributed by atoms with Crippen molar-refractivity contribution in [1.29, 1.82) is 0 Å². The van der Waals surface area contributed by atoms with Gasteiger partial charge in [0, 0.05) is 10.6 Å². The Bertz CT molecular complexity index is 195. The van der Waals surface area contributed by atoms with Gasteiger partial charge in [-0.1, -0.05) is 6.92 Å². The van der Waals surface area contributed by atoms with Crippen LogP contribution in [0.3, 0.4) is 0 Å². The van der Waals surface area contributed by atoms with Crippen LogP contribution in [-0.2, 0) is 0 Å². The van der Waals surface area contributed by atoms with Gasteiger partial charge in [0.1, 0.15) is 0 Å². The second kappa shape index (κ2) is 5.06. The molecule has 2 nitrogen and oxygen atoms in total. The largest absolute Gasteiger partial charge is 0.373 e. The van der Waals surface area contributed by atoms with Crippen molar-refractivity contribution in [1.82, 2.24) is 0 Å². The van der Waals surface area contributed by atoms with Crippen LogP contribution in [0, 0.1) is 0 Å². The van der Waals surface area contributed by atoms with Crippen molar-refractivity contribution in [3.05, 3.63) is 24.3 Å². The lowest BCUT2D eigenvalue weighted by atomic mass is 10.3. The zero-order chi connectivity index (χ0) is 8.81. The highest BCUT2D eigenvalue weighted by atomic mass is 32.2. The number of hydrogen-bond acceptors (Lipinski definition) is 3. The van der Waals surface area contributed by atoms with Gasteiger partial charge in [-0.05, 0) is 30.0 Å². The lowest BCUT2D eigenvalue weighted by Gasteiger charge is -2.03. The average molecular weight is 182 g/mol. The third kappa shape index (κ3) is 2.75. The van der Waals surface area contributed by atoms with E-state index in [2.05, 4.69) is 24.4 Å². The molecule has 0 aliphatic carbocycles. The Labute approximate surface area is 77.5 Å². The molecule has 0 aromatic heterocycles.